The molecule has 0 aliphatic carbocycles. The number of nitrogens with zero attached hydrogens (tertiary/aromatic N) is 3. The van der Waals surface area contributed by atoms with Gasteiger partial charge in [0.15, 0.2) is 5.76 Å². The predicted octanol–water partition coefficient (Wildman–Crippen LogP) is 1.63. The first-order chi connectivity index (χ1) is 10.3. The number of hydrogen-bond acceptors (Lipinski definition) is 5. The summed E-state index contributed by atoms with van der Waals surface area (Å²) in [5.74, 6) is 0.529. The normalized spacial score (nSPS) is 10.4. The number of hydrogen-bond donors (Lipinski definition) is 2. The van der Waals surface area contributed by atoms with Crippen LogP contribution in [-0.4, -0.2) is 21.1 Å². The van der Waals surface area contributed by atoms with Crippen LogP contribution < -0.4 is 11.3 Å². The molecule has 0 atom stereocenters. The molecule has 3 heterocycles. The highest BCUT2D eigenvalue weighted by molar-refractivity contribution is 5.90. The van der Waals surface area contributed by atoms with Crippen LogP contribution in [0.15, 0.2) is 33.9 Å². The zero-order chi connectivity index (χ0) is 14.8. The summed E-state index contributed by atoms with van der Waals surface area (Å²) in [7, 11) is 0. The second-order valence-electron chi connectivity index (χ2n) is 4.54. The molecule has 0 aliphatic heterocycles. The number of aromatic amines is 1. The van der Waals surface area contributed by atoms with E-state index in [9.17, 15) is 10.1 Å². The summed E-state index contributed by atoms with van der Waals surface area (Å²) in [6, 6.07) is 5.61. The number of fused-ring (bicyclic) bond motifs is 1. The van der Waals surface area contributed by atoms with Crippen molar-refractivity contribution >= 4 is 23.4 Å². The Hall–Kier alpha value is -2.56. The van der Waals surface area contributed by atoms with E-state index in [4.69, 9.17) is 10.2 Å². The molecule has 0 aromatic carbocycles. The maximum Gasteiger partial charge on any atom is 0.275 e. The third-order valence-corrected chi connectivity index (χ3v) is 3.29. The van der Waals surface area contributed by atoms with Crippen molar-refractivity contribution in [2.24, 2.45) is 5.73 Å². The molecule has 0 bridgehead atoms. The van der Waals surface area contributed by atoms with Crippen molar-refractivity contribution in [3.05, 3.63) is 40.6 Å². The van der Waals surface area contributed by atoms with Gasteiger partial charge in [-0.15, -0.1) is 12.4 Å². The number of nitriles is 1. The van der Waals surface area contributed by atoms with Gasteiger partial charge in [0.2, 0.25) is 0 Å². The lowest BCUT2D eigenvalue weighted by molar-refractivity contribution is 0.570. The van der Waals surface area contributed by atoms with Gasteiger partial charge in [-0.3, -0.25) is 4.79 Å². The highest BCUT2D eigenvalue weighted by atomic mass is 35.5. The van der Waals surface area contributed by atoms with Gasteiger partial charge in [-0.1, -0.05) is 0 Å². The number of aryl methyl sites for hydroxylation is 1. The molecule has 8 heteroatoms. The molecule has 0 radical (unpaired) electrons. The van der Waals surface area contributed by atoms with Crippen LogP contribution in [0.25, 0.3) is 22.5 Å². The molecule has 0 fully saturated rings. The Morgan fingerprint density at radius 2 is 2.32 bits per heavy atom. The Bertz CT molecular complexity index is 873. The van der Waals surface area contributed by atoms with Crippen molar-refractivity contribution in [1.82, 2.24) is 14.5 Å². The quantitative estimate of drug-likeness (QED) is 0.758. The van der Waals surface area contributed by atoms with Crippen LogP contribution >= 0.6 is 12.4 Å². The Morgan fingerprint density at radius 1 is 1.50 bits per heavy atom. The fourth-order valence-electron chi connectivity index (χ4n) is 2.43. The lowest BCUT2D eigenvalue weighted by Crippen LogP contribution is -2.13. The molecule has 0 amide bonds. The maximum absolute atomic E-state index is 12.1. The fourth-order valence-corrected chi connectivity index (χ4v) is 2.43. The Labute approximate surface area is 131 Å². The molecule has 3 N–H and O–H groups in total. The van der Waals surface area contributed by atoms with Gasteiger partial charge in [-0.2, -0.15) is 5.26 Å². The third kappa shape index (κ3) is 2.39. The molecule has 0 spiro atoms. The molecular formula is C14H14ClN5O2. The smallest absolute Gasteiger partial charge is 0.275 e. The minimum absolute atomic E-state index is 0. The summed E-state index contributed by atoms with van der Waals surface area (Å²) < 4.78 is 7.16. The summed E-state index contributed by atoms with van der Waals surface area (Å²) in [5, 5.41) is 9.46. The van der Waals surface area contributed by atoms with Crippen molar-refractivity contribution in [2.75, 3.05) is 6.54 Å². The summed E-state index contributed by atoms with van der Waals surface area (Å²) in [5.41, 5.74) is 6.93. The van der Waals surface area contributed by atoms with E-state index in [-0.39, 0.29) is 18.0 Å². The number of rotatable bonds is 4. The van der Waals surface area contributed by atoms with Crippen molar-refractivity contribution in [2.45, 2.75) is 13.0 Å². The number of H-pyrrole nitrogens is 1. The van der Waals surface area contributed by atoms with Crippen LogP contribution in [-0.2, 0) is 6.54 Å². The largest absolute Gasteiger partial charge is 0.463 e. The molecule has 0 saturated carbocycles. The van der Waals surface area contributed by atoms with Crippen LogP contribution in [0.3, 0.4) is 0 Å². The van der Waals surface area contributed by atoms with Gasteiger partial charge in [0, 0.05) is 6.54 Å². The van der Waals surface area contributed by atoms with E-state index < -0.39 is 0 Å². The van der Waals surface area contributed by atoms with Gasteiger partial charge in [-0.05, 0) is 25.1 Å². The summed E-state index contributed by atoms with van der Waals surface area (Å²) >= 11 is 0. The second-order valence-corrected chi connectivity index (χ2v) is 4.54. The number of nitrogens with one attached hydrogen (secondary N) is 1. The van der Waals surface area contributed by atoms with E-state index in [2.05, 4.69) is 16.0 Å². The molecule has 114 valence electrons. The molecule has 3 rings (SSSR count). The van der Waals surface area contributed by atoms with Crippen LogP contribution in [0.5, 0.6) is 0 Å². The highest BCUT2D eigenvalue weighted by Crippen LogP contribution is 2.31. The first-order valence-corrected chi connectivity index (χ1v) is 6.52. The molecule has 7 nitrogen and oxygen atoms in total. The lowest BCUT2D eigenvalue weighted by atomic mass is 10.2. The molecule has 22 heavy (non-hydrogen) atoms. The highest BCUT2D eigenvalue weighted by Gasteiger charge is 2.23. The van der Waals surface area contributed by atoms with E-state index in [0.29, 0.717) is 47.6 Å². The van der Waals surface area contributed by atoms with Crippen LogP contribution in [0.1, 0.15) is 12.0 Å². The van der Waals surface area contributed by atoms with E-state index in [1.165, 1.54) is 12.6 Å². The van der Waals surface area contributed by atoms with Gasteiger partial charge in [-0.25, -0.2) is 4.98 Å². The number of aromatic nitrogens is 3. The molecule has 0 aliphatic rings. The summed E-state index contributed by atoms with van der Waals surface area (Å²) in [4.78, 5) is 18.8. The SMILES string of the molecule is Cl.N#Cc1c(-c2ccco2)n(CCCN)c2c(=O)[nH]cnc12. The summed E-state index contributed by atoms with van der Waals surface area (Å²) in [6.45, 7) is 0.997. The van der Waals surface area contributed by atoms with Crippen molar-refractivity contribution < 1.29 is 4.42 Å². The Morgan fingerprint density at radius 3 is 2.95 bits per heavy atom. The van der Waals surface area contributed by atoms with E-state index in [1.807, 2.05) is 0 Å². The zero-order valence-corrected chi connectivity index (χ0v) is 12.4. The van der Waals surface area contributed by atoms with Crippen LogP contribution in [0.2, 0.25) is 0 Å². The molecule has 0 unspecified atom stereocenters. The van der Waals surface area contributed by atoms with Gasteiger partial charge in [0.1, 0.15) is 28.4 Å². The van der Waals surface area contributed by atoms with E-state index in [0.717, 1.165) is 0 Å². The first-order valence-electron chi connectivity index (χ1n) is 6.52. The standard InChI is InChI=1S/C14H13N5O2.ClH/c15-4-2-5-19-12(10-3-1-6-21-10)9(7-16)11-13(19)14(20)18-8-17-11;/h1,3,6,8H,2,4-5,15H2,(H,17,18,20);1H. The number of furan rings is 1. The maximum atomic E-state index is 12.1. The topological polar surface area (TPSA) is 114 Å². The molecular weight excluding hydrogens is 306 g/mol. The van der Waals surface area contributed by atoms with E-state index >= 15 is 0 Å². The van der Waals surface area contributed by atoms with Crippen molar-refractivity contribution in [3.8, 4) is 17.5 Å². The molecule has 3 aromatic rings. The molecule has 3 aromatic heterocycles. The minimum atomic E-state index is -0.286. The average Bonchev–Trinajstić information content (AvgIpc) is 3.10. The Kier molecular flexibility index (Phi) is 4.65. The van der Waals surface area contributed by atoms with E-state index in [1.54, 1.807) is 16.7 Å². The van der Waals surface area contributed by atoms with Crippen LogP contribution in [0.4, 0.5) is 0 Å². The fraction of sp³-hybridized carbons (Fsp3) is 0.214. The van der Waals surface area contributed by atoms with Crippen molar-refractivity contribution in [1.29, 1.82) is 5.26 Å². The first kappa shape index (κ1) is 15.8. The number of nitrogens with two attached hydrogens (primary N) is 1. The van der Waals surface area contributed by atoms with Crippen molar-refractivity contribution in [3.63, 3.8) is 0 Å². The number of halogens is 1. The van der Waals surface area contributed by atoms with Crippen LogP contribution in [0, 0.1) is 11.3 Å². The Balaban J connectivity index is 0.00000176. The molecule has 0 saturated heterocycles. The van der Waals surface area contributed by atoms with Gasteiger partial charge in [0.05, 0.1) is 12.6 Å². The average molecular weight is 320 g/mol. The van der Waals surface area contributed by atoms with Gasteiger partial charge >= 0.3 is 0 Å². The van der Waals surface area contributed by atoms with Gasteiger partial charge < -0.3 is 19.7 Å². The second kappa shape index (κ2) is 6.47. The monoisotopic (exact) mass is 319 g/mol. The van der Waals surface area contributed by atoms with Gasteiger partial charge in [0.25, 0.3) is 5.56 Å². The summed E-state index contributed by atoms with van der Waals surface area (Å²) in [6.07, 6.45) is 3.50. The minimum Gasteiger partial charge on any atom is -0.463 e. The third-order valence-electron chi connectivity index (χ3n) is 3.29. The predicted molar refractivity (Wildman–Crippen MR) is 83.7 cm³/mol. The zero-order valence-electron chi connectivity index (χ0n) is 11.6. The lowest BCUT2D eigenvalue weighted by Gasteiger charge is -2.07.